The molecule has 0 aliphatic rings. The van der Waals surface area contributed by atoms with Gasteiger partial charge in [0.1, 0.15) is 0 Å². The monoisotopic (exact) mass is 286 g/mol. The minimum absolute atomic E-state index is 0.152. The molecule has 0 radical (unpaired) electrons. The summed E-state index contributed by atoms with van der Waals surface area (Å²) in [6, 6.07) is 1.77. The van der Waals surface area contributed by atoms with Crippen LogP contribution in [0.1, 0.15) is 16.1 Å². The molecule has 0 saturated carbocycles. The van der Waals surface area contributed by atoms with E-state index < -0.39 is 10.0 Å². The number of rotatable bonds is 6. The summed E-state index contributed by atoms with van der Waals surface area (Å²) in [5.74, 6) is -0.299. The molecule has 1 heterocycles. The molecule has 0 aromatic carbocycles. The Kier molecular flexibility index (Phi) is 5.25. The Morgan fingerprint density at radius 1 is 1.37 bits per heavy atom. The number of carbonyl (C=O) groups excluding carboxylic acids is 1. The van der Waals surface area contributed by atoms with Crippen LogP contribution in [-0.4, -0.2) is 45.7 Å². The Hall–Kier alpha value is -1.67. The van der Waals surface area contributed by atoms with Gasteiger partial charge in [-0.05, 0) is 13.0 Å². The van der Waals surface area contributed by atoms with E-state index in [0.717, 1.165) is 11.9 Å². The predicted molar refractivity (Wildman–Crippen MR) is 73.7 cm³/mol. The van der Waals surface area contributed by atoms with Crippen LogP contribution < -0.4 is 15.4 Å². The lowest BCUT2D eigenvalue weighted by Crippen LogP contribution is -2.34. The molecular weight excluding hydrogens is 268 g/mol. The molecule has 0 aliphatic heterocycles. The molecule has 0 saturated heterocycles. The molecular formula is C11H18N4O3S. The molecule has 1 rings (SSSR count). The molecule has 0 spiro atoms. The van der Waals surface area contributed by atoms with Crippen molar-refractivity contribution < 1.29 is 13.2 Å². The highest BCUT2D eigenvalue weighted by Crippen LogP contribution is 2.14. The molecule has 3 N–H and O–H groups in total. The van der Waals surface area contributed by atoms with Crippen LogP contribution in [0.25, 0.3) is 0 Å². The van der Waals surface area contributed by atoms with Gasteiger partial charge in [0, 0.05) is 32.0 Å². The number of sulfonamides is 1. The Labute approximate surface area is 112 Å². The molecule has 1 amide bonds. The third-order valence-electron chi connectivity index (χ3n) is 2.33. The van der Waals surface area contributed by atoms with Crippen molar-refractivity contribution in [3.63, 3.8) is 0 Å². The van der Waals surface area contributed by atoms with Gasteiger partial charge in [0.25, 0.3) is 5.91 Å². The molecule has 1 aromatic rings. The number of anilines is 1. The zero-order valence-electron chi connectivity index (χ0n) is 11.1. The topological polar surface area (TPSA) is 100 Å². The minimum Gasteiger partial charge on any atom is -0.387 e. The smallest absolute Gasteiger partial charge is 0.255 e. The van der Waals surface area contributed by atoms with Gasteiger partial charge in [0.05, 0.1) is 17.5 Å². The van der Waals surface area contributed by atoms with Crippen LogP contribution in [-0.2, 0) is 10.0 Å². The van der Waals surface area contributed by atoms with Crippen LogP contribution in [0.15, 0.2) is 12.3 Å². The van der Waals surface area contributed by atoms with Crippen LogP contribution in [0.2, 0.25) is 0 Å². The number of nitrogens with zero attached hydrogens (tertiary/aromatic N) is 1. The SMILES string of the molecule is CNc1cc(C)ncc1C(=O)NCCNS(C)(=O)=O. The number of pyridine rings is 1. The van der Waals surface area contributed by atoms with E-state index in [4.69, 9.17) is 0 Å². The summed E-state index contributed by atoms with van der Waals surface area (Å²) in [6.07, 6.45) is 2.55. The Bertz CT molecular complexity index is 557. The number of aromatic nitrogens is 1. The summed E-state index contributed by atoms with van der Waals surface area (Å²) < 4.78 is 24.0. The maximum Gasteiger partial charge on any atom is 0.255 e. The second kappa shape index (κ2) is 6.48. The van der Waals surface area contributed by atoms with E-state index in [1.807, 2.05) is 6.92 Å². The summed E-state index contributed by atoms with van der Waals surface area (Å²) in [5.41, 5.74) is 1.91. The summed E-state index contributed by atoms with van der Waals surface area (Å²) in [4.78, 5) is 16.0. The van der Waals surface area contributed by atoms with Gasteiger partial charge in [0.15, 0.2) is 0 Å². The van der Waals surface area contributed by atoms with Gasteiger partial charge in [-0.3, -0.25) is 9.78 Å². The zero-order valence-corrected chi connectivity index (χ0v) is 12.0. The largest absolute Gasteiger partial charge is 0.387 e. The van der Waals surface area contributed by atoms with E-state index in [1.165, 1.54) is 6.20 Å². The second-order valence-corrected chi connectivity index (χ2v) is 5.88. The third-order valence-corrected chi connectivity index (χ3v) is 3.06. The average Bonchev–Trinajstić information content (AvgIpc) is 2.33. The van der Waals surface area contributed by atoms with Crippen molar-refractivity contribution in [2.45, 2.75) is 6.92 Å². The molecule has 8 heteroatoms. The van der Waals surface area contributed by atoms with Gasteiger partial charge >= 0.3 is 0 Å². The standard InChI is InChI=1S/C11H18N4O3S/c1-8-6-10(12-2)9(7-14-8)11(16)13-4-5-15-19(3,17)18/h6-7,15H,4-5H2,1-3H3,(H,12,14)(H,13,16). The number of amides is 1. The van der Waals surface area contributed by atoms with Crippen molar-refractivity contribution in [1.82, 2.24) is 15.0 Å². The number of nitrogens with one attached hydrogen (secondary N) is 3. The molecule has 1 aromatic heterocycles. The van der Waals surface area contributed by atoms with Crippen LogP contribution in [0, 0.1) is 6.92 Å². The Balaban J connectivity index is 2.59. The molecule has 0 unspecified atom stereocenters. The fourth-order valence-corrected chi connectivity index (χ4v) is 1.93. The highest BCUT2D eigenvalue weighted by Gasteiger charge is 2.11. The number of carbonyl (C=O) groups is 1. The van der Waals surface area contributed by atoms with Crippen LogP contribution in [0.3, 0.4) is 0 Å². The van der Waals surface area contributed by atoms with E-state index >= 15 is 0 Å². The van der Waals surface area contributed by atoms with Crippen LogP contribution >= 0.6 is 0 Å². The summed E-state index contributed by atoms with van der Waals surface area (Å²) in [7, 11) is -1.51. The molecule has 19 heavy (non-hydrogen) atoms. The average molecular weight is 286 g/mol. The van der Waals surface area contributed by atoms with Gasteiger partial charge in [0.2, 0.25) is 10.0 Å². The van der Waals surface area contributed by atoms with E-state index in [-0.39, 0.29) is 19.0 Å². The lowest BCUT2D eigenvalue weighted by Gasteiger charge is -2.10. The second-order valence-electron chi connectivity index (χ2n) is 4.04. The molecule has 0 fully saturated rings. The van der Waals surface area contributed by atoms with E-state index in [1.54, 1.807) is 13.1 Å². The maximum absolute atomic E-state index is 11.9. The lowest BCUT2D eigenvalue weighted by molar-refractivity contribution is 0.0955. The van der Waals surface area contributed by atoms with E-state index in [2.05, 4.69) is 20.3 Å². The predicted octanol–water partition coefficient (Wildman–Crippen LogP) is -0.289. The Morgan fingerprint density at radius 2 is 2.05 bits per heavy atom. The number of aryl methyl sites for hydroxylation is 1. The summed E-state index contributed by atoms with van der Waals surface area (Å²) >= 11 is 0. The first kappa shape index (κ1) is 15.4. The molecule has 106 valence electrons. The first-order valence-electron chi connectivity index (χ1n) is 5.70. The van der Waals surface area contributed by atoms with Crippen molar-refractivity contribution in [3.8, 4) is 0 Å². The highest BCUT2D eigenvalue weighted by molar-refractivity contribution is 7.88. The molecule has 0 bridgehead atoms. The van der Waals surface area contributed by atoms with Crippen molar-refractivity contribution in [3.05, 3.63) is 23.5 Å². The minimum atomic E-state index is -3.23. The Morgan fingerprint density at radius 3 is 2.63 bits per heavy atom. The molecule has 0 atom stereocenters. The number of hydrogen-bond donors (Lipinski definition) is 3. The maximum atomic E-state index is 11.9. The summed E-state index contributed by atoms with van der Waals surface area (Å²) in [5, 5.41) is 5.54. The fraction of sp³-hybridized carbons (Fsp3) is 0.455. The van der Waals surface area contributed by atoms with Crippen molar-refractivity contribution in [2.24, 2.45) is 0 Å². The fourth-order valence-electron chi connectivity index (χ4n) is 1.46. The van der Waals surface area contributed by atoms with Gasteiger partial charge < -0.3 is 10.6 Å². The van der Waals surface area contributed by atoms with E-state index in [9.17, 15) is 13.2 Å². The third kappa shape index (κ3) is 5.23. The normalized spacial score (nSPS) is 11.1. The van der Waals surface area contributed by atoms with Gasteiger partial charge in [-0.25, -0.2) is 13.1 Å². The van der Waals surface area contributed by atoms with Gasteiger partial charge in [-0.1, -0.05) is 0 Å². The zero-order chi connectivity index (χ0) is 14.5. The molecule has 0 aliphatic carbocycles. The van der Waals surface area contributed by atoms with Crippen molar-refractivity contribution >= 4 is 21.6 Å². The first-order valence-corrected chi connectivity index (χ1v) is 7.60. The van der Waals surface area contributed by atoms with Crippen molar-refractivity contribution in [2.75, 3.05) is 31.7 Å². The first-order chi connectivity index (χ1) is 8.83. The van der Waals surface area contributed by atoms with Gasteiger partial charge in [-0.2, -0.15) is 0 Å². The van der Waals surface area contributed by atoms with Gasteiger partial charge in [-0.15, -0.1) is 0 Å². The van der Waals surface area contributed by atoms with E-state index in [0.29, 0.717) is 11.3 Å². The summed E-state index contributed by atoms with van der Waals surface area (Å²) in [6.45, 7) is 2.19. The number of hydrogen-bond acceptors (Lipinski definition) is 5. The van der Waals surface area contributed by atoms with Crippen LogP contribution in [0.4, 0.5) is 5.69 Å². The van der Waals surface area contributed by atoms with Crippen LogP contribution in [0.5, 0.6) is 0 Å². The lowest BCUT2D eigenvalue weighted by atomic mass is 10.2. The quantitative estimate of drug-likeness (QED) is 0.624. The van der Waals surface area contributed by atoms with Crippen molar-refractivity contribution in [1.29, 1.82) is 0 Å². The molecule has 7 nitrogen and oxygen atoms in total. The highest BCUT2D eigenvalue weighted by atomic mass is 32.2.